The van der Waals surface area contributed by atoms with Gasteiger partial charge in [0.05, 0.1) is 11.0 Å². The lowest BCUT2D eigenvalue weighted by atomic mass is 10.1. The summed E-state index contributed by atoms with van der Waals surface area (Å²) in [6, 6.07) is 16.3. The number of amides is 1. The minimum atomic E-state index is 0.199. The molecular weight excluding hydrogens is 310 g/mol. The standard InChI is InChI=1S/C21H23N3O/c1-23(21(25)16-7-3-4-8-16)17-13-11-15(12-14-17)20-22-18-9-5-6-10-19(18)24(20)2/h5-6,9-14,16H,3-4,7-8H2,1-2H3. The molecule has 0 spiro atoms. The Bertz CT molecular complexity index is 905. The predicted octanol–water partition coefficient (Wildman–Crippen LogP) is 4.39. The van der Waals surface area contributed by atoms with Gasteiger partial charge in [0.25, 0.3) is 0 Å². The zero-order valence-electron chi connectivity index (χ0n) is 14.8. The van der Waals surface area contributed by atoms with Crippen molar-refractivity contribution in [2.75, 3.05) is 11.9 Å². The van der Waals surface area contributed by atoms with E-state index in [1.807, 2.05) is 44.4 Å². The third-order valence-corrected chi connectivity index (χ3v) is 5.33. The molecular formula is C21H23N3O. The molecule has 2 aromatic carbocycles. The molecule has 0 saturated heterocycles. The second-order valence-electron chi connectivity index (χ2n) is 6.91. The SMILES string of the molecule is CN(C(=O)C1CCCC1)c1ccc(-c2nc3ccccc3n2C)cc1. The molecule has 0 bridgehead atoms. The van der Waals surface area contributed by atoms with Gasteiger partial charge in [-0.15, -0.1) is 0 Å². The van der Waals surface area contributed by atoms with Gasteiger partial charge in [-0.05, 0) is 49.2 Å². The van der Waals surface area contributed by atoms with Crippen LogP contribution in [0.25, 0.3) is 22.4 Å². The number of aryl methyl sites for hydroxylation is 1. The Morgan fingerprint density at radius 1 is 1.08 bits per heavy atom. The fraction of sp³-hybridized carbons (Fsp3) is 0.333. The summed E-state index contributed by atoms with van der Waals surface area (Å²) in [5.74, 6) is 1.38. The van der Waals surface area contributed by atoms with E-state index in [4.69, 9.17) is 4.98 Å². The summed E-state index contributed by atoms with van der Waals surface area (Å²) in [5, 5.41) is 0. The highest BCUT2D eigenvalue weighted by Crippen LogP contribution is 2.29. The normalized spacial score (nSPS) is 15.0. The number of hydrogen-bond donors (Lipinski definition) is 0. The van der Waals surface area contributed by atoms with Crippen molar-refractivity contribution in [3.8, 4) is 11.4 Å². The number of fused-ring (bicyclic) bond motifs is 1. The van der Waals surface area contributed by atoms with E-state index in [0.29, 0.717) is 0 Å². The molecule has 1 aliphatic carbocycles. The Hall–Kier alpha value is -2.62. The summed E-state index contributed by atoms with van der Waals surface area (Å²) in [4.78, 5) is 19.1. The van der Waals surface area contributed by atoms with Gasteiger partial charge in [0, 0.05) is 31.3 Å². The van der Waals surface area contributed by atoms with Crippen molar-refractivity contribution < 1.29 is 4.79 Å². The molecule has 128 valence electrons. The molecule has 1 aromatic heterocycles. The number of imidazole rings is 1. The first kappa shape index (κ1) is 15.9. The minimum Gasteiger partial charge on any atom is -0.327 e. The second-order valence-corrected chi connectivity index (χ2v) is 6.91. The highest BCUT2D eigenvalue weighted by atomic mass is 16.2. The van der Waals surface area contributed by atoms with Crippen LogP contribution in [0.1, 0.15) is 25.7 Å². The van der Waals surface area contributed by atoms with Gasteiger partial charge in [-0.2, -0.15) is 0 Å². The molecule has 0 N–H and O–H groups in total. The molecule has 3 aromatic rings. The van der Waals surface area contributed by atoms with Gasteiger partial charge in [-0.3, -0.25) is 4.79 Å². The molecule has 1 heterocycles. The van der Waals surface area contributed by atoms with Crippen LogP contribution >= 0.6 is 0 Å². The number of rotatable bonds is 3. The van der Waals surface area contributed by atoms with Crippen LogP contribution in [0.15, 0.2) is 48.5 Å². The van der Waals surface area contributed by atoms with Crippen molar-refractivity contribution in [3.05, 3.63) is 48.5 Å². The largest absolute Gasteiger partial charge is 0.327 e. The lowest BCUT2D eigenvalue weighted by Gasteiger charge is -2.21. The Kier molecular flexibility index (Phi) is 4.04. The summed E-state index contributed by atoms with van der Waals surface area (Å²) < 4.78 is 2.11. The first-order chi connectivity index (χ1) is 12.1. The zero-order chi connectivity index (χ0) is 17.4. The van der Waals surface area contributed by atoms with Crippen LogP contribution in [0.4, 0.5) is 5.69 Å². The van der Waals surface area contributed by atoms with E-state index in [1.165, 1.54) is 12.8 Å². The Balaban J connectivity index is 1.61. The molecule has 1 aliphatic rings. The van der Waals surface area contributed by atoms with Crippen molar-refractivity contribution in [1.82, 2.24) is 9.55 Å². The van der Waals surface area contributed by atoms with Gasteiger partial charge in [0.1, 0.15) is 5.82 Å². The molecule has 1 amide bonds. The predicted molar refractivity (Wildman–Crippen MR) is 102 cm³/mol. The number of nitrogens with zero attached hydrogens (tertiary/aromatic N) is 3. The number of carbonyl (C=O) groups excluding carboxylic acids is 1. The highest BCUT2D eigenvalue weighted by Gasteiger charge is 2.26. The van der Waals surface area contributed by atoms with E-state index in [1.54, 1.807) is 4.90 Å². The van der Waals surface area contributed by atoms with Crippen LogP contribution in [0.3, 0.4) is 0 Å². The third kappa shape index (κ3) is 2.82. The smallest absolute Gasteiger partial charge is 0.229 e. The average molecular weight is 333 g/mol. The highest BCUT2D eigenvalue weighted by molar-refractivity contribution is 5.95. The Morgan fingerprint density at radius 2 is 1.76 bits per heavy atom. The summed E-state index contributed by atoms with van der Waals surface area (Å²) in [5.41, 5.74) is 4.12. The van der Waals surface area contributed by atoms with Crippen molar-refractivity contribution in [2.45, 2.75) is 25.7 Å². The first-order valence-electron chi connectivity index (χ1n) is 8.94. The summed E-state index contributed by atoms with van der Waals surface area (Å²) in [6.45, 7) is 0. The maximum atomic E-state index is 12.6. The van der Waals surface area contributed by atoms with Crippen molar-refractivity contribution in [2.24, 2.45) is 13.0 Å². The van der Waals surface area contributed by atoms with Gasteiger partial charge in [-0.25, -0.2) is 4.98 Å². The Morgan fingerprint density at radius 3 is 2.44 bits per heavy atom. The van der Waals surface area contributed by atoms with E-state index in [0.717, 1.165) is 41.0 Å². The molecule has 4 heteroatoms. The zero-order valence-corrected chi connectivity index (χ0v) is 14.8. The summed E-state index contributed by atoms with van der Waals surface area (Å²) in [7, 11) is 3.92. The lowest BCUT2D eigenvalue weighted by Crippen LogP contribution is -2.31. The minimum absolute atomic E-state index is 0.199. The average Bonchev–Trinajstić information content (AvgIpc) is 3.30. The van der Waals surface area contributed by atoms with Gasteiger partial charge in [0.2, 0.25) is 5.91 Å². The van der Waals surface area contributed by atoms with Gasteiger partial charge < -0.3 is 9.47 Å². The number of benzene rings is 2. The van der Waals surface area contributed by atoms with Crippen molar-refractivity contribution in [1.29, 1.82) is 0 Å². The maximum absolute atomic E-state index is 12.6. The van der Waals surface area contributed by atoms with E-state index < -0.39 is 0 Å². The van der Waals surface area contributed by atoms with E-state index in [2.05, 4.69) is 22.8 Å². The molecule has 0 unspecified atom stereocenters. The summed E-state index contributed by atoms with van der Waals surface area (Å²) in [6.07, 6.45) is 4.41. The number of hydrogen-bond acceptors (Lipinski definition) is 2. The van der Waals surface area contributed by atoms with Crippen LogP contribution < -0.4 is 4.90 Å². The van der Waals surface area contributed by atoms with E-state index in [9.17, 15) is 4.79 Å². The lowest BCUT2D eigenvalue weighted by molar-refractivity contribution is -0.121. The van der Waals surface area contributed by atoms with Crippen molar-refractivity contribution >= 4 is 22.6 Å². The maximum Gasteiger partial charge on any atom is 0.229 e. The van der Waals surface area contributed by atoms with Crippen LogP contribution in [-0.2, 0) is 11.8 Å². The quantitative estimate of drug-likeness (QED) is 0.713. The topological polar surface area (TPSA) is 38.1 Å². The van der Waals surface area contributed by atoms with Crippen LogP contribution in [0.2, 0.25) is 0 Å². The van der Waals surface area contributed by atoms with Crippen LogP contribution in [0, 0.1) is 5.92 Å². The fourth-order valence-electron chi connectivity index (χ4n) is 3.81. The molecule has 1 fully saturated rings. The fourth-order valence-corrected chi connectivity index (χ4v) is 3.81. The van der Waals surface area contributed by atoms with Crippen molar-refractivity contribution in [3.63, 3.8) is 0 Å². The molecule has 4 nitrogen and oxygen atoms in total. The molecule has 0 radical (unpaired) electrons. The number of para-hydroxylation sites is 2. The number of carbonyl (C=O) groups is 1. The molecule has 1 saturated carbocycles. The monoisotopic (exact) mass is 333 g/mol. The molecule has 4 rings (SSSR count). The van der Waals surface area contributed by atoms with E-state index in [-0.39, 0.29) is 11.8 Å². The number of anilines is 1. The third-order valence-electron chi connectivity index (χ3n) is 5.33. The van der Waals surface area contributed by atoms with Gasteiger partial charge in [-0.1, -0.05) is 25.0 Å². The van der Waals surface area contributed by atoms with Gasteiger partial charge >= 0.3 is 0 Å². The molecule has 0 atom stereocenters. The molecule has 0 aliphatic heterocycles. The number of aromatic nitrogens is 2. The van der Waals surface area contributed by atoms with Crippen LogP contribution in [-0.4, -0.2) is 22.5 Å². The first-order valence-corrected chi connectivity index (χ1v) is 8.94. The Labute approximate surface area is 148 Å². The van der Waals surface area contributed by atoms with Crippen LogP contribution in [0.5, 0.6) is 0 Å². The second kappa shape index (κ2) is 6.36. The van der Waals surface area contributed by atoms with E-state index >= 15 is 0 Å². The molecule has 25 heavy (non-hydrogen) atoms. The summed E-state index contributed by atoms with van der Waals surface area (Å²) >= 11 is 0. The van der Waals surface area contributed by atoms with Gasteiger partial charge in [0.15, 0.2) is 0 Å².